The molecule has 0 spiro atoms. The number of carbonyl (C=O) groups excluding carboxylic acids is 1. The molecule has 1 heterocycles. The normalized spacial score (nSPS) is 14.5. The predicted octanol–water partition coefficient (Wildman–Crippen LogP) is 7.45. The zero-order valence-corrected chi connectivity index (χ0v) is 22.3. The van der Waals surface area contributed by atoms with E-state index in [4.69, 9.17) is 4.74 Å². The Labute approximate surface area is 232 Å². The highest BCUT2D eigenvalue weighted by Crippen LogP contribution is 2.28. The average Bonchev–Trinajstić information content (AvgIpc) is 2.99. The molecule has 1 fully saturated rings. The molecule has 1 aliphatic rings. The van der Waals surface area contributed by atoms with E-state index in [0.29, 0.717) is 17.2 Å². The van der Waals surface area contributed by atoms with Gasteiger partial charge >= 0.3 is 0 Å². The molecule has 0 bridgehead atoms. The number of nitrogens with zero attached hydrogens (tertiary/aromatic N) is 1. The number of hydrogen-bond acceptors (Lipinski definition) is 3. The van der Waals surface area contributed by atoms with E-state index in [1.165, 1.54) is 11.1 Å². The third-order valence-corrected chi connectivity index (χ3v) is 7.30. The minimum absolute atomic E-state index is 0.0419. The summed E-state index contributed by atoms with van der Waals surface area (Å²) >= 11 is 0. The summed E-state index contributed by atoms with van der Waals surface area (Å²) in [6.07, 6.45) is 7.51. The molecule has 0 aromatic heterocycles. The van der Waals surface area contributed by atoms with E-state index in [1.54, 1.807) is 6.07 Å². The van der Waals surface area contributed by atoms with Gasteiger partial charge in [0.1, 0.15) is 11.5 Å². The third-order valence-electron chi connectivity index (χ3n) is 7.30. The van der Waals surface area contributed by atoms with E-state index in [9.17, 15) is 4.79 Å². The molecule has 4 heteroatoms. The van der Waals surface area contributed by atoms with Gasteiger partial charge in [0.2, 0.25) is 0 Å². The van der Waals surface area contributed by atoms with Crippen LogP contribution in [0, 0.1) is 0 Å². The van der Waals surface area contributed by atoms with Gasteiger partial charge in [0.15, 0.2) is 0 Å². The highest BCUT2D eigenvalue weighted by molar-refractivity contribution is 5.94. The van der Waals surface area contributed by atoms with Crippen LogP contribution < -0.4 is 10.1 Å². The van der Waals surface area contributed by atoms with Gasteiger partial charge in [0.25, 0.3) is 5.91 Å². The summed E-state index contributed by atoms with van der Waals surface area (Å²) in [5.41, 5.74) is 3.32. The molecule has 4 nitrogen and oxygen atoms in total. The summed E-state index contributed by atoms with van der Waals surface area (Å²) in [5, 5.41) is 3.23. The van der Waals surface area contributed by atoms with E-state index in [2.05, 4.69) is 83.0 Å². The van der Waals surface area contributed by atoms with E-state index in [-0.39, 0.29) is 11.9 Å². The van der Waals surface area contributed by atoms with Crippen molar-refractivity contribution in [1.82, 2.24) is 10.2 Å². The van der Waals surface area contributed by atoms with Gasteiger partial charge in [-0.25, -0.2) is 0 Å². The third kappa shape index (κ3) is 7.68. The zero-order chi connectivity index (χ0) is 26.7. The van der Waals surface area contributed by atoms with Crippen LogP contribution in [0.5, 0.6) is 11.5 Å². The lowest BCUT2D eigenvalue weighted by molar-refractivity contribution is 0.0913. The molecule has 5 rings (SSSR count). The number of hydrogen-bond donors (Lipinski definition) is 1. The lowest BCUT2D eigenvalue weighted by Gasteiger charge is -2.31. The highest BCUT2D eigenvalue weighted by Gasteiger charge is 2.21. The van der Waals surface area contributed by atoms with Crippen LogP contribution >= 0.6 is 0 Å². The Balaban J connectivity index is 1.08. The van der Waals surface area contributed by atoms with Crippen LogP contribution in [0.4, 0.5) is 0 Å². The first kappa shape index (κ1) is 26.5. The number of nitrogens with one attached hydrogen (secondary N) is 1. The first-order valence-electron chi connectivity index (χ1n) is 13.9. The van der Waals surface area contributed by atoms with Gasteiger partial charge in [0.05, 0.1) is 0 Å². The standard InChI is InChI=1S/C35H36N2O2/c38-35(30-17-12-20-33(27-30)39-32-18-8-3-9-19-32)36-31-22-25-37(26-23-31)24-11-10-21-34(28-13-4-1-5-14-28)29-15-6-2-7-16-29/h1-20,27,31,34H,21-26H2,(H,36,38). The van der Waals surface area contributed by atoms with E-state index >= 15 is 0 Å². The van der Waals surface area contributed by atoms with E-state index in [1.807, 2.05) is 48.5 Å². The summed E-state index contributed by atoms with van der Waals surface area (Å²) < 4.78 is 5.89. The Morgan fingerprint density at radius 2 is 1.36 bits per heavy atom. The molecule has 0 saturated carbocycles. The number of carbonyl (C=O) groups is 1. The molecule has 1 saturated heterocycles. The average molecular weight is 517 g/mol. The maximum Gasteiger partial charge on any atom is 0.251 e. The maximum atomic E-state index is 12.9. The number of amides is 1. The Bertz CT molecular complexity index is 1290. The molecule has 198 valence electrons. The van der Waals surface area contributed by atoms with Crippen molar-refractivity contribution in [2.75, 3.05) is 19.6 Å². The lowest BCUT2D eigenvalue weighted by Crippen LogP contribution is -2.44. The fourth-order valence-corrected chi connectivity index (χ4v) is 5.15. The monoisotopic (exact) mass is 516 g/mol. The van der Waals surface area contributed by atoms with Crippen molar-refractivity contribution in [2.24, 2.45) is 0 Å². The zero-order valence-electron chi connectivity index (χ0n) is 22.3. The van der Waals surface area contributed by atoms with Gasteiger partial charge < -0.3 is 10.1 Å². The van der Waals surface area contributed by atoms with Crippen LogP contribution in [0.2, 0.25) is 0 Å². The minimum Gasteiger partial charge on any atom is -0.457 e. The van der Waals surface area contributed by atoms with Crippen LogP contribution in [0.15, 0.2) is 127 Å². The lowest BCUT2D eigenvalue weighted by atomic mass is 9.88. The van der Waals surface area contributed by atoms with Crippen molar-refractivity contribution in [2.45, 2.75) is 31.2 Å². The molecule has 0 aliphatic carbocycles. The molecule has 1 aliphatic heterocycles. The fourth-order valence-electron chi connectivity index (χ4n) is 5.15. The molecule has 0 unspecified atom stereocenters. The molecular formula is C35H36N2O2. The van der Waals surface area contributed by atoms with Crippen molar-refractivity contribution < 1.29 is 9.53 Å². The van der Waals surface area contributed by atoms with Crippen LogP contribution in [0.1, 0.15) is 46.7 Å². The van der Waals surface area contributed by atoms with Gasteiger partial charge in [-0.2, -0.15) is 0 Å². The number of allylic oxidation sites excluding steroid dienone is 1. The second-order valence-corrected chi connectivity index (χ2v) is 10.1. The summed E-state index contributed by atoms with van der Waals surface area (Å²) in [5.74, 6) is 1.74. The summed E-state index contributed by atoms with van der Waals surface area (Å²) in [6.45, 7) is 2.90. The van der Waals surface area contributed by atoms with Crippen molar-refractivity contribution in [3.05, 3.63) is 144 Å². The van der Waals surface area contributed by atoms with Crippen molar-refractivity contribution in [3.8, 4) is 11.5 Å². The Morgan fingerprint density at radius 1 is 0.769 bits per heavy atom. The number of likely N-dealkylation sites (tertiary alicyclic amines) is 1. The smallest absolute Gasteiger partial charge is 0.251 e. The highest BCUT2D eigenvalue weighted by atomic mass is 16.5. The number of ether oxygens (including phenoxy) is 1. The molecule has 1 N–H and O–H groups in total. The van der Waals surface area contributed by atoms with Gasteiger partial charge in [-0.3, -0.25) is 9.69 Å². The molecule has 0 radical (unpaired) electrons. The van der Waals surface area contributed by atoms with Gasteiger partial charge in [0, 0.05) is 37.2 Å². The van der Waals surface area contributed by atoms with E-state index in [0.717, 1.165) is 44.6 Å². The minimum atomic E-state index is -0.0419. The predicted molar refractivity (Wildman–Crippen MR) is 158 cm³/mol. The quantitative estimate of drug-likeness (QED) is 0.223. The summed E-state index contributed by atoms with van der Waals surface area (Å²) in [7, 11) is 0. The van der Waals surface area contributed by atoms with Gasteiger partial charge in [-0.1, -0.05) is 97.1 Å². The Kier molecular flexibility index (Phi) is 9.22. The van der Waals surface area contributed by atoms with Crippen LogP contribution in [-0.2, 0) is 0 Å². The Morgan fingerprint density at radius 3 is 2.00 bits per heavy atom. The first-order valence-corrected chi connectivity index (χ1v) is 13.9. The number of para-hydroxylation sites is 1. The van der Waals surface area contributed by atoms with Crippen LogP contribution in [-0.4, -0.2) is 36.5 Å². The molecule has 0 atom stereocenters. The largest absolute Gasteiger partial charge is 0.457 e. The molecule has 4 aromatic rings. The molecule has 4 aromatic carbocycles. The second-order valence-electron chi connectivity index (χ2n) is 10.1. The van der Waals surface area contributed by atoms with Crippen molar-refractivity contribution >= 4 is 5.91 Å². The SMILES string of the molecule is O=C(NC1CCN(CC=CCC(c2ccccc2)c2ccccc2)CC1)c1cccc(Oc2ccccc2)c1. The molecule has 39 heavy (non-hydrogen) atoms. The molecule has 1 amide bonds. The van der Waals surface area contributed by atoms with Gasteiger partial charge in [-0.15, -0.1) is 0 Å². The Hall–Kier alpha value is -4.15. The number of piperidine rings is 1. The summed E-state index contributed by atoms with van der Waals surface area (Å²) in [6, 6.07) is 38.7. The van der Waals surface area contributed by atoms with Gasteiger partial charge in [-0.05, 0) is 60.7 Å². The fraction of sp³-hybridized carbons (Fsp3) is 0.229. The van der Waals surface area contributed by atoms with Crippen molar-refractivity contribution in [3.63, 3.8) is 0 Å². The topological polar surface area (TPSA) is 41.6 Å². The van der Waals surface area contributed by atoms with Crippen LogP contribution in [0.25, 0.3) is 0 Å². The molecular weight excluding hydrogens is 480 g/mol. The van der Waals surface area contributed by atoms with Crippen LogP contribution in [0.3, 0.4) is 0 Å². The maximum absolute atomic E-state index is 12.9. The van der Waals surface area contributed by atoms with E-state index < -0.39 is 0 Å². The number of benzene rings is 4. The second kappa shape index (κ2) is 13.6. The summed E-state index contributed by atoms with van der Waals surface area (Å²) in [4.78, 5) is 15.4. The first-order chi connectivity index (χ1) is 19.2. The number of rotatable bonds is 10. The van der Waals surface area contributed by atoms with Crippen molar-refractivity contribution in [1.29, 1.82) is 0 Å².